The van der Waals surface area contributed by atoms with Crippen molar-refractivity contribution in [3.05, 3.63) is 101 Å². The van der Waals surface area contributed by atoms with E-state index in [1.165, 1.54) is 5.56 Å². The van der Waals surface area contributed by atoms with Crippen molar-refractivity contribution in [3.8, 4) is 0 Å². The second kappa shape index (κ2) is 9.40. The van der Waals surface area contributed by atoms with E-state index >= 15 is 0 Å². The first-order valence-electron chi connectivity index (χ1n) is 10.0. The fraction of sp³-hybridized carbons (Fsp3) is 0.231. The molecule has 3 rings (SSSR count). The number of esters is 1. The largest absolute Gasteiger partial charge is 0.452 e. The van der Waals surface area contributed by atoms with E-state index in [0.29, 0.717) is 17.7 Å². The molecule has 0 bridgehead atoms. The number of nitrogens with one attached hydrogen (secondary N) is 1. The van der Waals surface area contributed by atoms with Crippen LogP contribution in [-0.2, 0) is 21.4 Å². The lowest BCUT2D eigenvalue weighted by atomic mass is 9.87. The summed E-state index contributed by atoms with van der Waals surface area (Å²) in [6.45, 7) is 6.07. The smallest absolute Gasteiger partial charge is 0.338 e. The van der Waals surface area contributed by atoms with Crippen molar-refractivity contribution in [1.82, 2.24) is 0 Å². The monoisotopic (exact) mass is 401 g/mol. The molecule has 0 unspecified atom stereocenters. The van der Waals surface area contributed by atoms with Crippen molar-refractivity contribution < 1.29 is 14.3 Å². The van der Waals surface area contributed by atoms with Crippen LogP contribution in [0.2, 0.25) is 0 Å². The summed E-state index contributed by atoms with van der Waals surface area (Å²) in [6, 6.07) is 24.9. The summed E-state index contributed by atoms with van der Waals surface area (Å²) in [6.07, 6.45) is 0.623. The van der Waals surface area contributed by atoms with Crippen molar-refractivity contribution in [2.75, 3.05) is 11.9 Å². The van der Waals surface area contributed by atoms with Crippen molar-refractivity contribution in [2.45, 2.75) is 32.6 Å². The van der Waals surface area contributed by atoms with Crippen molar-refractivity contribution in [3.63, 3.8) is 0 Å². The molecule has 0 saturated heterocycles. The third kappa shape index (κ3) is 5.80. The Morgan fingerprint density at radius 1 is 0.833 bits per heavy atom. The van der Waals surface area contributed by atoms with Gasteiger partial charge in [-0.1, -0.05) is 81.4 Å². The predicted octanol–water partition coefficient (Wildman–Crippen LogP) is 5.37. The van der Waals surface area contributed by atoms with Crippen LogP contribution in [0.4, 0.5) is 5.69 Å². The highest BCUT2D eigenvalue weighted by atomic mass is 16.5. The Kier molecular flexibility index (Phi) is 6.68. The molecule has 4 heteroatoms. The van der Waals surface area contributed by atoms with E-state index in [2.05, 4.69) is 26.1 Å². The van der Waals surface area contributed by atoms with E-state index in [1.807, 2.05) is 66.7 Å². The average molecular weight is 402 g/mol. The first-order chi connectivity index (χ1) is 14.3. The van der Waals surface area contributed by atoms with Gasteiger partial charge in [0.05, 0.1) is 5.56 Å². The van der Waals surface area contributed by atoms with E-state index in [4.69, 9.17) is 4.74 Å². The van der Waals surface area contributed by atoms with Gasteiger partial charge in [0.25, 0.3) is 5.91 Å². The van der Waals surface area contributed by atoms with Gasteiger partial charge in [-0.05, 0) is 46.7 Å². The van der Waals surface area contributed by atoms with Gasteiger partial charge in [-0.3, -0.25) is 4.79 Å². The molecule has 0 atom stereocenters. The number of ether oxygens (including phenoxy) is 1. The number of amides is 1. The fourth-order valence-electron chi connectivity index (χ4n) is 3.15. The Hall–Kier alpha value is -3.40. The summed E-state index contributed by atoms with van der Waals surface area (Å²) in [7, 11) is 0. The van der Waals surface area contributed by atoms with Crippen LogP contribution in [0.1, 0.15) is 47.8 Å². The van der Waals surface area contributed by atoms with Crippen molar-refractivity contribution in [1.29, 1.82) is 0 Å². The van der Waals surface area contributed by atoms with E-state index in [0.717, 1.165) is 11.1 Å². The Labute approximate surface area is 177 Å². The van der Waals surface area contributed by atoms with Gasteiger partial charge in [-0.2, -0.15) is 0 Å². The molecule has 0 aliphatic carbocycles. The van der Waals surface area contributed by atoms with Crippen molar-refractivity contribution in [2.24, 2.45) is 0 Å². The zero-order valence-electron chi connectivity index (χ0n) is 17.6. The zero-order chi connectivity index (χ0) is 21.6. The number of carbonyl (C=O) groups excluding carboxylic acids is 2. The minimum Gasteiger partial charge on any atom is -0.452 e. The highest BCUT2D eigenvalue weighted by Gasteiger charge is 2.16. The topological polar surface area (TPSA) is 55.4 Å². The first kappa shape index (κ1) is 21.3. The van der Waals surface area contributed by atoms with Crippen LogP contribution in [-0.4, -0.2) is 18.5 Å². The van der Waals surface area contributed by atoms with E-state index < -0.39 is 5.97 Å². The Bertz CT molecular complexity index is 1000. The lowest BCUT2D eigenvalue weighted by Crippen LogP contribution is -2.21. The van der Waals surface area contributed by atoms with Crippen LogP contribution in [0.3, 0.4) is 0 Å². The molecule has 0 aliphatic heterocycles. The molecule has 0 radical (unpaired) electrons. The normalized spacial score (nSPS) is 11.0. The quantitative estimate of drug-likeness (QED) is 0.565. The van der Waals surface area contributed by atoms with E-state index in [9.17, 15) is 9.59 Å². The number of anilines is 1. The summed E-state index contributed by atoms with van der Waals surface area (Å²) in [5.41, 5.74) is 4.35. The van der Waals surface area contributed by atoms with Crippen LogP contribution < -0.4 is 5.32 Å². The second-order valence-corrected chi connectivity index (χ2v) is 8.27. The van der Waals surface area contributed by atoms with Crippen LogP contribution in [0, 0.1) is 0 Å². The molecular weight excluding hydrogens is 374 g/mol. The van der Waals surface area contributed by atoms with Crippen LogP contribution in [0.5, 0.6) is 0 Å². The molecule has 4 nitrogen and oxygen atoms in total. The highest BCUT2D eigenvalue weighted by molar-refractivity contribution is 5.96. The number of rotatable bonds is 6. The van der Waals surface area contributed by atoms with Gasteiger partial charge >= 0.3 is 5.97 Å². The van der Waals surface area contributed by atoms with Gasteiger partial charge in [-0.25, -0.2) is 4.79 Å². The molecule has 0 aliphatic rings. The third-order valence-electron chi connectivity index (χ3n) is 4.84. The SMILES string of the molecule is CC(C)(C)c1ccc(NC(=O)COC(=O)c2ccccc2Cc2ccccc2)cc1. The number of hydrogen-bond acceptors (Lipinski definition) is 3. The maximum absolute atomic E-state index is 12.6. The molecule has 30 heavy (non-hydrogen) atoms. The second-order valence-electron chi connectivity index (χ2n) is 8.27. The highest BCUT2D eigenvalue weighted by Crippen LogP contribution is 2.23. The minimum absolute atomic E-state index is 0.0468. The predicted molar refractivity (Wildman–Crippen MR) is 120 cm³/mol. The summed E-state index contributed by atoms with van der Waals surface area (Å²) < 4.78 is 5.27. The molecule has 3 aromatic rings. The first-order valence-corrected chi connectivity index (χ1v) is 10.0. The van der Waals surface area contributed by atoms with Gasteiger partial charge in [0.1, 0.15) is 0 Å². The summed E-state index contributed by atoms with van der Waals surface area (Å²) in [5, 5.41) is 2.77. The molecule has 1 N–H and O–H groups in total. The Balaban J connectivity index is 1.58. The minimum atomic E-state index is -0.500. The third-order valence-corrected chi connectivity index (χ3v) is 4.84. The van der Waals surface area contributed by atoms with Gasteiger partial charge in [0.15, 0.2) is 6.61 Å². The molecule has 3 aromatic carbocycles. The molecule has 0 saturated carbocycles. The standard InChI is InChI=1S/C26H27NO3/c1-26(2,3)21-13-15-22(16-14-21)27-24(28)18-30-25(29)23-12-8-7-11-20(23)17-19-9-5-4-6-10-19/h4-16H,17-18H2,1-3H3,(H,27,28). The number of benzene rings is 3. The Morgan fingerprint density at radius 2 is 1.47 bits per heavy atom. The molecule has 0 aromatic heterocycles. The fourth-order valence-corrected chi connectivity index (χ4v) is 3.15. The van der Waals surface area contributed by atoms with Crippen LogP contribution in [0.15, 0.2) is 78.9 Å². The van der Waals surface area contributed by atoms with Crippen LogP contribution in [0.25, 0.3) is 0 Å². The maximum atomic E-state index is 12.6. The van der Waals surface area contributed by atoms with Gasteiger partial charge in [0.2, 0.25) is 0 Å². The molecule has 0 fully saturated rings. The lowest BCUT2D eigenvalue weighted by molar-refractivity contribution is -0.119. The number of hydrogen-bond donors (Lipinski definition) is 1. The lowest BCUT2D eigenvalue weighted by Gasteiger charge is -2.19. The summed E-state index contributed by atoms with van der Waals surface area (Å²) in [5.74, 6) is -0.868. The van der Waals surface area contributed by atoms with Gasteiger partial charge in [0, 0.05) is 5.69 Å². The summed E-state index contributed by atoms with van der Waals surface area (Å²) >= 11 is 0. The van der Waals surface area contributed by atoms with E-state index in [1.54, 1.807) is 12.1 Å². The van der Waals surface area contributed by atoms with Gasteiger partial charge < -0.3 is 10.1 Å². The molecule has 0 spiro atoms. The Morgan fingerprint density at radius 3 is 2.13 bits per heavy atom. The molecular formula is C26H27NO3. The average Bonchev–Trinajstić information content (AvgIpc) is 2.73. The number of carbonyl (C=O) groups is 2. The van der Waals surface area contributed by atoms with Gasteiger partial charge in [-0.15, -0.1) is 0 Å². The molecule has 154 valence electrons. The molecule has 0 heterocycles. The zero-order valence-corrected chi connectivity index (χ0v) is 17.6. The van der Waals surface area contributed by atoms with E-state index in [-0.39, 0.29) is 17.9 Å². The maximum Gasteiger partial charge on any atom is 0.338 e. The van der Waals surface area contributed by atoms with Crippen LogP contribution >= 0.6 is 0 Å². The molecule has 1 amide bonds. The van der Waals surface area contributed by atoms with Crippen molar-refractivity contribution >= 4 is 17.6 Å². The summed E-state index contributed by atoms with van der Waals surface area (Å²) in [4.78, 5) is 24.8.